The Kier molecular flexibility index (Phi) is 3.54. The van der Waals surface area contributed by atoms with Crippen molar-refractivity contribution in [2.45, 2.75) is 13.3 Å². The van der Waals surface area contributed by atoms with E-state index in [0.29, 0.717) is 12.5 Å². The highest BCUT2D eigenvalue weighted by Gasteiger charge is 1.95. The summed E-state index contributed by atoms with van der Waals surface area (Å²) in [6.45, 7) is 2.41. The predicted octanol–water partition coefficient (Wildman–Crippen LogP) is 1.02. The van der Waals surface area contributed by atoms with Gasteiger partial charge in [-0.25, -0.2) is 4.98 Å². The summed E-state index contributed by atoms with van der Waals surface area (Å²) < 4.78 is 5.14. The van der Waals surface area contributed by atoms with Crippen LogP contribution in [0.1, 0.15) is 12.5 Å². The zero-order chi connectivity index (χ0) is 8.81. The number of pyridine rings is 1. The number of nitrogens with zero attached hydrogens (tertiary/aromatic N) is 1. The fraction of sp³-hybridized carbons (Fsp3) is 0.444. The fourth-order valence-electron chi connectivity index (χ4n) is 0.900. The number of rotatable bonds is 4. The Morgan fingerprint density at radius 3 is 3.08 bits per heavy atom. The maximum atomic E-state index is 8.50. The first-order chi connectivity index (χ1) is 5.86. The van der Waals surface area contributed by atoms with Gasteiger partial charge in [-0.15, -0.1) is 0 Å². The lowest BCUT2D eigenvalue weighted by Crippen LogP contribution is -2.03. The molecule has 0 aliphatic rings. The highest BCUT2D eigenvalue weighted by molar-refractivity contribution is 5.20. The lowest BCUT2D eigenvalue weighted by atomic mass is 10.2. The van der Waals surface area contributed by atoms with Gasteiger partial charge in [0.15, 0.2) is 0 Å². The molecule has 1 aromatic heterocycles. The van der Waals surface area contributed by atoms with Crippen molar-refractivity contribution in [2.24, 2.45) is 0 Å². The average Bonchev–Trinajstić information content (AvgIpc) is 2.15. The van der Waals surface area contributed by atoms with Crippen molar-refractivity contribution in [2.75, 3.05) is 13.2 Å². The van der Waals surface area contributed by atoms with Crippen LogP contribution in [0.25, 0.3) is 0 Å². The van der Waals surface area contributed by atoms with E-state index in [4.69, 9.17) is 9.84 Å². The van der Waals surface area contributed by atoms with Crippen molar-refractivity contribution in [3.8, 4) is 5.88 Å². The second-order valence-corrected chi connectivity index (χ2v) is 2.43. The maximum absolute atomic E-state index is 8.50. The summed E-state index contributed by atoms with van der Waals surface area (Å²) in [6.07, 6.45) is 2.68. The predicted molar refractivity (Wildman–Crippen MR) is 46.2 cm³/mol. The van der Waals surface area contributed by atoms with Crippen LogP contribution in [-0.2, 0) is 6.42 Å². The molecule has 66 valence electrons. The van der Waals surface area contributed by atoms with Crippen molar-refractivity contribution in [1.29, 1.82) is 0 Å². The van der Waals surface area contributed by atoms with Crippen LogP contribution in [0, 0.1) is 0 Å². The van der Waals surface area contributed by atoms with E-state index in [1.807, 2.05) is 12.1 Å². The van der Waals surface area contributed by atoms with Crippen LogP contribution in [0.15, 0.2) is 18.3 Å². The summed E-state index contributed by atoms with van der Waals surface area (Å²) in [6, 6.07) is 3.83. The molecule has 0 saturated heterocycles. The molecule has 12 heavy (non-hydrogen) atoms. The molecule has 0 aliphatic carbocycles. The Morgan fingerprint density at radius 2 is 2.42 bits per heavy atom. The lowest BCUT2D eigenvalue weighted by Gasteiger charge is -2.03. The van der Waals surface area contributed by atoms with E-state index in [0.717, 1.165) is 6.42 Å². The molecule has 0 unspecified atom stereocenters. The van der Waals surface area contributed by atoms with Crippen LogP contribution in [-0.4, -0.2) is 23.3 Å². The molecule has 0 fully saturated rings. The van der Waals surface area contributed by atoms with Gasteiger partial charge in [0.25, 0.3) is 0 Å². The van der Waals surface area contributed by atoms with Crippen LogP contribution < -0.4 is 4.74 Å². The van der Waals surface area contributed by atoms with Crippen molar-refractivity contribution in [1.82, 2.24) is 4.98 Å². The number of ether oxygens (including phenoxy) is 1. The minimum Gasteiger partial charge on any atom is -0.475 e. The average molecular weight is 167 g/mol. The zero-order valence-electron chi connectivity index (χ0n) is 7.16. The van der Waals surface area contributed by atoms with E-state index in [2.05, 4.69) is 11.9 Å². The summed E-state index contributed by atoms with van der Waals surface area (Å²) in [5.74, 6) is 0.586. The van der Waals surface area contributed by atoms with Crippen LogP contribution in [0.2, 0.25) is 0 Å². The van der Waals surface area contributed by atoms with E-state index in [1.165, 1.54) is 5.56 Å². The molecule has 0 amide bonds. The molecule has 1 aromatic rings. The summed E-state index contributed by atoms with van der Waals surface area (Å²) in [7, 11) is 0. The van der Waals surface area contributed by atoms with Gasteiger partial charge in [-0.3, -0.25) is 0 Å². The maximum Gasteiger partial charge on any atom is 0.213 e. The van der Waals surface area contributed by atoms with Crippen molar-refractivity contribution >= 4 is 0 Å². The standard InChI is InChI=1S/C9H13NO2/c1-2-8-3-4-10-9(7-8)12-6-5-11/h3-4,7,11H,2,5-6H2,1H3. The SMILES string of the molecule is CCc1ccnc(OCCO)c1. The van der Waals surface area contributed by atoms with Gasteiger partial charge in [-0.1, -0.05) is 6.92 Å². The first kappa shape index (κ1) is 9.00. The molecule has 1 heterocycles. The first-order valence-electron chi connectivity index (χ1n) is 4.05. The summed E-state index contributed by atoms with van der Waals surface area (Å²) in [4.78, 5) is 3.99. The fourth-order valence-corrected chi connectivity index (χ4v) is 0.900. The number of hydrogen-bond donors (Lipinski definition) is 1. The molecule has 3 nitrogen and oxygen atoms in total. The number of aromatic nitrogens is 1. The third-order valence-electron chi connectivity index (χ3n) is 1.55. The van der Waals surface area contributed by atoms with Crippen molar-refractivity contribution < 1.29 is 9.84 Å². The smallest absolute Gasteiger partial charge is 0.213 e. The van der Waals surface area contributed by atoms with Gasteiger partial charge in [0, 0.05) is 12.3 Å². The number of hydrogen-bond acceptors (Lipinski definition) is 3. The normalized spacial score (nSPS) is 9.83. The van der Waals surface area contributed by atoms with E-state index in [1.54, 1.807) is 6.20 Å². The summed E-state index contributed by atoms with van der Waals surface area (Å²) in [5, 5.41) is 8.50. The Labute approximate surface area is 72.0 Å². The van der Waals surface area contributed by atoms with E-state index in [9.17, 15) is 0 Å². The highest BCUT2D eigenvalue weighted by Crippen LogP contribution is 2.08. The van der Waals surface area contributed by atoms with E-state index >= 15 is 0 Å². The second kappa shape index (κ2) is 4.72. The van der Waals surface area contributed by atoms with E-state index in [-0.39, 0.29) is 6.61 Å². The molecule has 0 radical (unpaired) electrons. The molecule has 0 atom stereocenters. The summed E-state index contributed by atoms with van der Waals surface area (Å²) >= 11 is 0. The van der Waals surface area contributed by atoms with Crippen LogP contribution >= 0.6 is 0 Å². The Hall–Kier alpha value is -1.09. The topological polar surface area (TPSA) is 42.4 Å². The molecule has 0 spiro atoms. The van der Waals surface area contributed by atoms with Gasteiger partial charge in [-0.05, 0) is 18.1 Å². The van der Waals surface area contributed by atoms with Crippen LogP contribution in [0.5, 0.6) is 5.88 Å². The quantitative estimate of drug-likeness (QED) is 0.727. The van der Waals surface area contributed by atoms with Crippen molar-refractivity contribution in [3.63, 3.8) is 0 Å². The Balaban J connectivity index is 2.60. The number of aliphatic hydroxyl groups is 1. The molecule has 0 saturated carbocycles. The molecule has 0 aliphatic heterocycles. The zero-order valence-corrected chi connectivity index (χ0v) is 7.16. The van der Waals surface area contributed by atoms with Crippen LogP contribution in [0.3, 0.4) is 0 Å². The molecule has 1 N–H and O–H groups in total. The molecular weight excluding hydrogens is 154 g/mol. The van der Waals surface area contributed by atoms with Gasteiger partial charge in [0.05, 0.1) is 6.61 Å². The monoisotopic (exact) mass is 167 g/mol. The molecule has 3 heteroatoms. The highest BCUT2D eigenvalue weighted by atomic mass is 16.5. The Morgan fingerprint density at radius 1 is 1.58 bits per heavy atom. The number of aliphatic hydroxyl groups excluding tert-OH is 1. The van der Waals surface area contributed by atoms with Gasteiger partial charge < -0.3 is 9.84 Å². The molecule has 0 bridgehead atoms. The molecular formula is C9H13NO2. The van der Waals surface area contributed by atoms with E-state index < -0.39 is 0 Å². The second-order valence-electron chi connectivity index (χ2n) is 2.43. The largest absolute Gasteiger partial charge is 0.475 e. The first-order valence-corrected chi connectivity index (χ1v) is 4.05. The summed E-state index contributed by atoms with van der Waals surface area (Å²) in [5.41, 5.74) is 1.19. The van der Waals surface area contributed by atoms with Gasteiger partial charge in [0.1, 0.15) is 6.61 Å². The van der Waals surface area contributed by atoms with Crippen molar-refractivity contribution in [3.05, 3.63) is 23.9 Å². The minimum absolute atomic E-state index is 0.0258. The Bertz CT molecular complexity index is 238. The third kappa shape index (κ3) is 2.51. The lowest BCUT2D eigenvalue weighted by molar-refractivity contribution is 0.196. The van der Waals surface area contributed by atoms with Gasteiger partial charge in [0.2, 0.25) is 5.88 Å². The van der Waals surface area contributed by atoms with Gasteiger partial charge >= 0.3 is 0 Å². The minimum atomic E-state index is 0.0258. The third-order valence-corrected chi connectivity index (χ3v) is 1.55. The van der Waals surface area contributed by atoms with Crippen LogP contribution in [0.4, 0.5) is 0 Å². The number of aryl methyl sites for hydroxylation is 1. The molecule has 0 aromatic carbocycles. The molecule has 1 rings (SSSR count). The van der Waals surface area contributed by atoms with Gasteiger partial charge in [-0.2, -0.15) is 0 Å².